The van der Waals surface area contributed by atoms with Gasteiger partial charge in [-0.2, -0.15) is 5.26 Å². The van der Waals surface area contributed by atoms with Crippen molar-refractivity contribution in [2.45, 2.75) is 31.3 Å². The molecule has 1 aromatic heterocycles. The molecular formula is C15H19N5O. The van der Waals surface area contributed by atoms with Crippen molar-refractivity contribution in [1.29, 1.82) is 5.26 Å². The first kappa shape index (κ1) is 13.8. The topological polar surface area (TPSA) is 86.2 Å². The minimum absolute atomic E-state index is 0.154. The fourth-order valence-electron chi connectivity index (χ4n) is 3.37. The number of hydrogen-bond donors (Lipinski definition) is 1. The number of amides is 1. The lowest BCUT2D eigenvalue weighted by atomic mass is 10.1. The van der Waals surface area contributed by atoms with Crippen LogP contribution in [-0.4, -0.2) is 47.5 Å². The summed E-state index contributed by atoms with van der Waals surface area (Å²) in [6.07, 6.45) is 4.20. The highest BCUT2D eigenvalue weighted by Gasteiger charge is 2.41. The number of hydrogen-bond acceptors (Lipinski definition) is 5. The Hall–Kier alpha value is -2.13. The number of piperazine rings is 1. The Morgan fingerprint density at radius 2 is 2.10 bits per heavy atom. The Morgan fingerprint density at radius 3 is 2.62 bits per heavy atom. The highest BCUT2D eigenvalue weighted by Crippen LogP contribution is 2.33. The molecule has 0 aromatic carbocycles. The Kier molecular flexibility index (Phi) is 3.76. The Labute approximate surface area is 124 Å². The molecule has 0 aliphatic carbocycles. The van der Waals surface area contributed by atoms with E-state index in [0.29, 0.717) is 30.6 Å². The lowest BCUT2D eigenvalue weighted by Crippen LogP contribution is -2.55. The zero-order valence-electron chi connectivity index (χ0n) is 11.9. The fourth-order valence-corrected chi connectivity index (χ4v) is 3.37. The summed E-state index contributed by atoms with van der Waals surface area (Å²) in [6, 6.07) is 6.44. The molecule has 2 N–H and O–H groups in total. The van der Waals surface area contributed by atoms with Crippen molar-refractivity contribution < 1.29 is 4.79 Å². The maximum atomic E-state index is 12.0. The third kappa shape index (κ3) is 2.57. The molecular weight excluding hydrogens is 266 g/mol. The molecule has 3 heterocycles. The molecule has 2 bridgehead atoms. The number of likely N-dealkylation sites (tertiary alicyclic amines) is 1. The number of nitrogens with two attached hydrogens (primary N) is 1. The summed E-state index contributed by atoms with van der Waals surface area (Å²) in [5, 5.41) is 8.84. The molecule has 6 nitrogen and oxygen atoms in total. The number of anilines is 1. The first-order chi connectivity index (χ1) is 10.2. The average molecular weight is 285 g/mol. The van der Waals surface area contributed by atoms with Crippen molar-refractivity contribution in [2.75, 3.05) is 24.5 Å². The predicted molar refractivity (Wildman–Crippen MR) is 78.5 cm³/mol. The van der Waals surface area contributed by atoms with Gasteiger partial charge in [0.2, 0.25) is 5.91 Å². The number of rotatable bonds is 3. The second-order valence-corrected chi connectivity index (χ2v) is 5.65. The van der Waals surface area contributed by atoms with Crippen LogP contribution in [0.5, 0.6) is 0 Å². The number of nitriles is 1. The normalized spacial score (nSPS) is 24.0. The summed E-state index contributed by atoms with van der Waals surface area (Å²) in [6.45, 7) is 1.90. The summed E-state index contributed by atoms with van der Waals surface area (Å²) in [7, 11) is 0. The molecule has 0 radical (unpaired) electrons. The van der Waals surface area contributed by atoms with Gasteiger partial charge in [0.15, 0.2) is 0 Å². The Morgan fingerprint density at radius 1 is 1.38 bits per heavy atom. The van der Waals surface area contributed by atoms with Crippen molar-refractivity contribution in [3.05, 3.63) is 23.9 Å². The largest absolute Gasteiger partial charge is 0.347 e. The molecule has 2 saturated heterocycles. The van der Waals surface area contributed by atoms with Crippen LogP contribution in [0.1, 0.15) is 24.8 Å². The predicted octanol–water partition coefficient (Wildman–Crippen LogP) is 0.482. The molecule has 0 spiro atoms. The second-order valence-electron chi connectivity index (χ2n) is 5.65. The Bertz CT molecular complexity index is 550. The van der Waals surface area contributed by atoms with Gasteiger partial charge in [0.05, 0.1) is 5.56 Å². The fraction of sp³-hybridized carbons (Fsp3) is 0.533. The van der Waals surface area contributed by atoms with Gasteiger partial charge in [0, 0.05) is 44.3 Å². The molecule has 110 valence electrons. The summed E-state index contributed by atoms with van der Waals surface area (Å²) >= 11 is 0. The van der Waals surface area contributed by atoms with E-state index >= 15 is 0 Å². The summed E-state index contributed by atoms with van der Waals surface area (Å²) in [5.74, 6) is 1.06. The number of carbonyl (C=O) groups is 1. The second kappa shape index (κ2) is 5.70. The van der Waals surface area contributed by atoms with Crippen LogP contribution in [0.4, 0.5) is 5.82 Å². The number of carbonyl (C=O) groups excluding carboxylic acids is 1. The van der Waals surface area contributed by atoms with E-state index in [9.17, 15) is 4.79 Å². The van der Waals surface area contributed by atoms with Gasteiger partial charge < -0.3 is 15.5 Å². The van der Waals surface area contributed by atoms with E-state index in [2.05, 4.69) is 16.0 Å². The van der Waals surface area contributed by atoms with Gasteiger partial charge in [-0.1, -0.05) is 0 Å². The minimum atomic E-state index is 0.154. The first-order valence-electron chi connectivity index (χ1n) is 7.35. The SMILES string of the molecule is N#Cc1ccc(N2C3CCC2CN(C(=O)CCN)C3)nc1. The number of aromatic nitrogens is 1. The van der Waals surface area contributed by atoms with Crippen LogP contribution >= 0.6 is 0 Å². The van der Waals surface area contributed by atoms with Gasteiger partial charge in [-0.15, -0.1) is 0 Å². The maximum absolute atomic E-state index is 12.0. The molecule has 6 heteroatoms. The maximum Gasteiger partial charge on any atom is 0.223 e. The van der Waals surface area contributed by atoms with Crippen molar-refractivity contribution in [1.82, 2.24) is 9.88 Å². The van der Waals surface area contributed by atoms with Crippen molar-refractivity contribution >= 4 is 11.7 Å². The van der Waals surface area contributed by atoms with E-state index in [1.165, 1.54) is 0 Å². The van der Waals surface area contributed by atoms with Gasteiger partial charge in [-0.05, 0) is 25.0 Å². The van der Waals surface area contributed by atoms with Crippen LogP contribution in [0.15, 0.2) is 18.3 Å². The van der Waals surface area contributed by atoms with Crippen molar-refractivity contribution in [2.24, 2.45) is 5.73 Å². The molecule has 2 atom stereocenters. The van der Waals surface area contributed by atoms with E-state index in [-0.39, 0.29) is 5.91 Å². The van der Waals surface area contributed by atoms with Gasteiger partial charge in [-0.25, -0.2) is 4.98 Å². The van der Waals surface area contributed by atoms with E-state index in [1.54, 1.807) is 12.3 Å². The molecule has 2 unspecified atom stereocenters. The van der Waals surface area contributed by atoms with E-state index in [0.717, 1.165) is 31.7 Å². The van der Waals surface area contributed by atoms with Gasteiger partial charge in [0.25, 0.3) is 0 Å². The monoisotopic (exact) mass is 285 g/mol. The summed E-state index contributed by atoms with van der Waals surface area (Å²) < 4.78 is 0. The quantitative estimate of drug-likeness (QED) is 0.873. The highest BCUT2D eigenvalue weighted by molar-refractivity contribution is 5.77. The van der Waals surface area contributed by atoms with Gasteiger partial charge in [0.1, 0.15) is 11.9 Å². The third-order valence-electron chi connectivity index (χ3n) is 4.33. The summed E-state index contributed by atoms with van der Waals surface area (Å²) in [5.41, 5.74) is 6.04. The lowest BCUT2D eigenvalue weighted by Gasteiger charge is -2.41. The molecule has 1 aromatic rings. The van der Waals surface area contributed by atoms with Crippen LogP contribution in [0.2, 0.25) is 0 Å². The zero-order chi connectivity index (χ0) is 14.8. The van der Waals surface area contributed by atoms with E-state index in [1.807, 2.05) is 11.0 Å². The van der Waals surface area contributed by atoms with Gasteiger partial charge >= 0.3 is 0 Å². The van der Waals surface area contributed by atoms with Crippen LogP contribution in [0, 0.1) is 11.3 Å². The number of pyridine rings is 1. The van der Waals surface area contributed by atoms with E-state index in [4.69, 9.17) is 11.0 Å². The molecule has 2 aliphatic rings. The zero-order valence-corrected chi connectivity index (χ0v) is 11.9. The summed E-state index contributed by atoms with van der Waals surface area (Å²) in [4.78, 5) is 20.7. The molecule has 1 amide bonds. The molecule has 21 heavy (non-hydrogen) atoms. The van der Waals surface area contributed by atoms with Gasteiger partial charge in [-0.3, -0.25) is 4.79 Å². The Balaban J connectivity index is 1.75. The van der Waals surface area contributed by atoms with Crippen molar-refractivity contribution in [3.8, 4) is 6.07 Å². The van der Waals surface area contributed by atoms with Crippen LogP contribution in [0.3, 0.4) is 0 Å². The molecule has 2 aliphatic heterocycles. The minimum Gasteiger partial charge on any atom is -0.347 e. The smallest absolute Gasteiger partial charge is 0.223 e. The standard InChI is InChI=1S/C15H19N5O/c16-6-5-15(21)19-9-12-2-3-13(10-19)20(12)14-4-1-11(7-17)8-18-14/h1,4,8,12-13H,2-3,5-6,9-10,16H2. The molecule has 2 fully saturated rings. The third-order valence-corrected chi connectivity index (χ3v) is 4.33. The number of nitrogens with zero attached hydrogens (tertiary/aromatic N) is 4. The molecule has 0 saturated carbocycles. The highest BCUT2D eigenvalue weighted by atomic mass is 16.2. The van der Waals surface area contributed by atoms with Crippen LogP contribution in [-0.2, 0) is 4.79 Å². The number of fused-ring (bicyclic) bond motifs is 2. The first-order valence-corrected chi connectivity index (χ1v) is 7.35. The van der Waals surface area contributed by atoms with E-state index < -0.39 is 0 Å². The molecule has 3 rings (SSSR count). The van der Waals surface area contributed by atoms with Crippen LogP contribution in [0.25, 0.3) is 0 Å². The van der Waals surface area contributed by atoms with Crippen LogP contribution < -0.4 is 10.6 Å². The average Bonchev–Trinajstić information content (AvgIpc) is 2.77. The lowest BCUT2D eigenvalue weighted by molar-refractivity contribution is -0.131. The van der Waals surface area contributed by atoms with Crippen molar-refractivity contribution in [3.63, 3.8) is 0 Å².